The molecule has 0 bridgehead atoms. The number of carbonyl (C=O) groups excluding carboxylic acids is 1. The summed E-state index contributed by atoms with van der Waals surface area (Å²) < 4.78 is 29.3. The van der Waals surface area contributed by atoms with Crippen LogP contribution in [0.2, 0.25) is 0 Å². The van der Waals surface area contributed by atoms with E-state index in [0.29, 0.717) is 17.9 Å². The summed E-state index contributed by atoms with van der Waals surface area (Å²) in [7, 11) is -3.08. The summed E-state index contributed by atoms with van der Waals surface area (Å²) in [5.74, 6) is 0.573. The van der Waals surface area contributed by atoms with Gasteiger partial charge in [0.05, 0.1) is 5.25 Å². The van der Waals surface area contributed by atoms with Gasteiger partial charge in [-0.25, -0.2) is 8.42 Å². The predicted molar refractivity (Wildman–Crippen MR) is 96.4 cm³/mol. The van der Waals surface area contributed by atoms with E-state index in [1.54, 1.807) is 36.1 Å². The highest BCUT2D eigenvalue weighted by molar-refractivity contribution is 7.92. The van der Waals surface area contributed by atoms with Crippen LogP contribution in [0, 0.1) is 0 Å². The van der Waals surface area contributed by atoms with Crippen LogP contribution in [0.1, 0.15) is 22.8 Å². The van der Waals surface area contributed by atoms with Gasteiger partial charge in [0.1, 0.15) is 12.4 Å². The van der Waals surface area contributed by atoms with E-state index in [1.807, 2.05) is 30.3 Å². The van der Waals surface area contributed by atoms with Crippen LogP contribution in [0.3, 0.4) is 0 Å². The molecule has 1 aliphatic rings. The Labute approximate surface area is 148 Å². The maximum Gasteiger partial charge on any atom is 0.254 e. The number of carbonyl (C=O) groups is 1. The molecule has 1 saturated heterocycles. The predicted octanol–water partition coefficient (Wildman–Crippen LogP) is 2.52. The molecule has 25 heavy (non-hydrogen) atoms. The van der Waals surface area contributed by atoms with Crippen molar-refractivity contribution in [2.75, 3.05) is 18.8 Å². The van der Waals surface area contributed by atoms with Crippen LogP contribution in [0.25, 0.3) is 0 Å². The minimum Gasteiger partial charge on any atom is -0.489 e. The fraction of sp³-hybridized carbons (Fsp3) is 0.316. The molecular formula is C19H21NO4S. The average Bonchev–Trinajstić information content (AvgIpc) is 2.59. The van der Waals surface area contributed by atoms with E-state index in [1.165, 1.54) is 0 Å². The zero-order valence-electron chi connectivity index (χ0n) is 14.1. The number of amides is 1. The third-order valence-corrected chi connectivity index (χ3v) is 6.49. The number of sulfone groups is 1. The lowest BCUT2D eigenvalue weighted by Crippen LogP contribution is -2.57. The van der Waals surface area contributed by atoms with Crippen molar-refractivity contribution in [3.8, 4) is 5.75 Å². The van der Waals surface area contributed by atoms with Gasteiger partial charge in [-0.1, -0.05) is 43.3 Å². The topological polar surface area (TPSA) is 63.7 Å². The molecule has 3 rings (SSSR count). The van der Waals surface area contributed by atoms with Crippen molar-refractivity contribution in [2.45, 2.75) is 18.8 Å². The number of likely N-dealkylation sites (tertiary alicyclic amines) is 1. The van der Waals surface area contributed by atoms with Gasteiger partial charge in [0, 0.05) is 24.4 Å². The van der Waals surface area contributed by atoms with Gasteiger partial charge in [-0.2, -0.15) is 0 Å². The highest BCUT2D eigenvalue weighted by atomic mass is 32.2. The van der Waals surface area contributed by atoms with Crippen molar-refractivity contribution in [1.29, 1.82) is 0 Å². The number of ether oxygens (including phenoxy) is 1. The Morgan fingerprint density at radius 2 is 1.84 bits per heavy atom. The molecule has 0 radical (unpaired) electrons. The van der Waals surface area contributed by atoms with Gasteiger partial charge in [0.2, 0.25) is 0 Å². The normalized spacial score (nSPS) is 14.8. The minimum atomic E-state index is -3.08. The van der Waals surface area contributed by atoms with Crippen LogP contribution in [0.15, 0.2) is 54.6 Å². The highest BCUT2D eigenvalue weighted by Crippen LogP contribution is 2.22. The minimum absolute atomic E-state index is 0.114. The summed E-state index contributed by atoms with van der Waals surface area (Å²) >= 11 is 0. The van der Waals surface area contributed by atoms with E-state index >= 15 is 0 Å². The first-order chi connectivity index (χ1) is 12.0. The molecule has 0 saturated carbocycles. The Morgan fingerprint density at radius 1 is 1.12 bits per heavy atom. The van der Waals surface area contributed by atoms with Crippen molar-refractivity contribution in [3.63, 3.8) is 0 Å². The first-order valence-electron chi connectivity index (χ1n) is 8.27. The number of rotatable bonds is 6. The summed E-state index contributed by atoms with van der Waals surface area (Å²) in [5.41, 5.74) is 1.56. The van der Waals surface area contributed by atoms with Crippen LogP contribution >= 0.6 is 0 Å². The largest absolute Gasteiger partial charge is 0.489 e. The third-order valence-electron chi connectivity index (χ3n) is 4.37. The third kappa shape index (κ3) is 4.02. The molecule has 6 heteroatoms. The molecule has 1 aliphatic heterocycles. The van der Waals surface area contributed by atoms with Crippen LogP contribution in [-0.2, 0) is 16.4 Å². The van der Waals surface area contributed by atoms with Crippen molar-refractivity contribution in [3.05, 3.63) is 65.7 Å². The monoisotopic (exact) mass is 359 g/mol. The number of nitrogens with zero attached hydrogens (tertiary/aromatic N) is 1. The number of benzene rings is 2. The maximum atomic E-state index is 12.5. The van der Waals surface area contributed by atoms with E-state index < -0.39 is 15.1 Å². The fourth-order valence-electron chi connectivity index (χ4n) is 2.71. The molecule has 0 unspecified atom stereocenters. The van der Waals surface area contributed by atoms with Gasteiger partial charge in [-0.15, -0.1) is 0 Å². The zero-order chi connectivity index (χ0) is 17.9. The molecule has 0 aliphatic carbocycles. The van der Waals surface area contributed by atoms with Gasteiger partial charge >= 0.3 is 0 Å². The van der Waals surface area contributed by atoms with E-state index in [4.69, 9.17) is 4.74 Å². The van der Waals surface area contributed by atoms with Crippen LogP contribution in [0.4, 0.5) is 0 Å². The highest BCUT2D eigenvalue weighted by Gasteiger charge is 2.38. The summed E-state index contributed by atoms with van der Waals surface area (Å²) in [4.78, 5) is 14.1. The molecule has 0 N–H and O–H groups in total. The molecule has 5 nitrogen and oxygen atoms in total. The zero-order valence-corrected chi connectivity index (χ0v) is 14.9. The molecule has 0 aromatic heterocycles. The lowest BCUT2D eigenvalue weighted by Gasteiger charge is -2.38. The van der Waals surface area contributed by atoms with Crippen molar-refractivity contribution in [2.24, 2.45) is 0 Å². The van der Waals surface area contributed by atoms with Crippen molar-refractivity contribution < 1.29 is 17.9 Å². The Balaban J connectivity index is 1.61. The van der Waals surface area contributed by atoms with Crippen LogP contribution in [0.5, 0.6) is 5.75 Å². The SMILES string of the molecule is CCS(=O)(=O)C1CN(C(=O)c2cccc(OCc3ccccc3)c2)C1. The first kappa shape index (κ1) is 17.5. The second-order valence-corrected chi connectivity index (χ2v) is 8.66. The van der Waals surface area contributed by atoms with E-state index in [0.717, 1.165) is 5.56 Å². The Morgan fingerprint density at radius 3 is 2.52 bits per heavy atom. The smallest absolute Gasteiger partial charge is 0.254 e. The fourth-order valence-corrected chi connectivity index (χ4v) is 3.99. The molecule has 1 heterocycles. The van der Waals surface area contributed by atoms with Gasteiger partial charge in [0.25, 0.3) is 5.91 Å². The standard InChI is InChI=1S/C19H21NO4S/c1-2-25(22,23)18-12-20(13-18)19(21)16-9-6-10-17(11-16)24-14-15-7-4-3-5-8-15/h3-11,18H,2,12-14H2,1H3. The number of hydrogen-bond acceptors (Lipinski definition) is 4. The van der Waals surface area contributed by atoms with Crippen molar-refractivity contribution >= 4 is 15.7 Å². The van der Waals surface area contributed by atoms with E-state index in [2.05, 4.69) is 0 Å². The van der Waals surface area contributed by atoms with Gasteiger partial charge in [-0.3, -0.25) is 4.79 Å². The number of hydrogen-bond donors (Lipinski definition) is 0. The van der Waals surface area contributed by atoms with Crippen molar-refractivity contribution in [1.82, 2.24) is 4.90 Å². The molecule has 1 fully saturated rings. The Kier molecular flexibility index (Phi) is 5.08. The van der Waals surface area contributed by atoms with E-state index in [9.17, 15) is 13.2 Å². The Hall–Kier alpha value is -2.34. The molecule has 0 spiro atoms. The quantitative estimate of drug-likeness (QED) is 0.795. The van der Waals surface area contributed by atoms with Gasteiger partial charge < -0.3 is 9.64 Å². The molecule has 0 atom stereocenters. The molecular weight excluding hydrogens is 338 g/mol. The van der Waals surface area contributed by atoms with Gasteiger partial charge in [-0.05, 0) is 23.8 Å². The first-order valence-corrected chi connectivity index (χ1v) is 9.99. The van der Waals surface area contributed by atoms with E-state index in [-0.39, 0.29) is 24.7 Å². The second kappa shape index (κ2) is 7.27. The summed E-state index contributed by atoms with van der Waals surface area (Å²) in [6.07, 6.45) is 0. The van der Waals surface area contributed by atoms with Gasteiger partial charge in [0.15, 0.2) is 9.84 Å². The molecule has 2 aromatic rings. The second-order valence-electron chi connectivity index (χ2n) is 6.09. The summed E-state index contributed by atoms with van der Waals surface area (Å²) in [5, 5.41) is -0.432. The summed E-state index contributed by atoms with van der Waals surface area (Å²) in [6.45, 7) is 2.60. The average molecular weight is 359 g/mol. The molecule has 1 amide bonds. The lowest BCUT2D eigenvalue weighted by molar-refractivity contribution is 0.0658. The van der Waals surface area contributed by atoms with Crippen LogP contribution < -0.4 is 4.74 Å². The summed E-state index contributed by atoms with van der Waals surface area (Å²) in [6, 6.07) is 16.8. The Bertz CT molecular complexity index is 843. The molecule has 132 valence electrons. The molecule has 2 aromatic carbocycles. The maximum absolute atomic E-state index is 12.5. The lowest BCUT2D eigenvalue weighted by atomic mass is 10.1. The van der Waals surface area contributed by atoms with Crippen LogP contribution in [-0.4, -0.2) is 43.3 Å².